The second-order valence-corrected chi connectivity index (χ2v) is 3.85. The molecule has 0 amide bonds. The summed E-state index contributed by atoms with van der Waals surface area (Å²) in [5.41, 5.74) is 0. The van der Waals surface area contributed by atoms with Gasteiger partial charge in [0, 0.05) is 26.9 Å². The molecule has 1 N–H and O–H groups in total. The highest BCUT2D eigenvalue weighted by Gasteiger charge is 2.06. The number of methoxy groups -OCH3 is 2. The van der Waals surface area contributed by atoms with Crippen LogP contribution in [0.25, 0.3) is 0 Å². The van der Waals surface area contributed by atoms with Crippen molar-refractivity contribution in [1.29, 1.82) is 0 Å². The second-order valence-electron chi connectivity index (χ2n) is 3.85. The molecule has 0 rings (SSSR count). The molecule has 0 bridgehead atoms. The molecule has 4 nitrogen and oxygen atoms in total. The molecule has 0 aliphatic carbocycles. The molecule has 16 heavy (non-hydrogen) atoms. The topological polar surface area (TPSA) is 39.7 Å². The Morgan fingerprint density at radius 1 is 1.06 bits per heavy atom. The van der Waals surface area contributed by atoms with Crippen LogP contribution in [0.2, 0.25) is 0 Å². The number of ether oxygens (including phenoxy) is 3. The van der Waals surface area contributed by atoms with Crippen molar-refractivity contribution in [2.75, 3.05) is 47.2 Å². The third-order valence-corrected chi connectivity index (χ3v) is 2.32. The van der Waals surface area contributed by atoms with Gasteiger partial charge in [-0.2, -0.15) is 0 Å². The van der Waals surface area contributed by atoms with Crippen LogP contribution >= 0.6 is 0 Å². The monoisotopic (exact) mass is 233 g/mol. The molecule has 1 atom stereocenters. The quantitative estimate of drug-likeness (QED) is 0.518. The van der Waals surface area contributed by atoms with Crippen molar-refractivity contribution in [2.24, 2.45) is 0 Å². The SMILES string of the molecule is CCCNC(CCCOCCOC)COC. The minimum absolute atomic E-state index is 0.455. The zero-order valence-electron chi connectivity index (χ0n) is 11.0. The van der Waals surface area contributed by atoms with E-state index in [0.29, 0.717) is 19.3 Å². The Kier molecular flexibility index (Phi) is 12.8. The Labute approximate surface area is 99.6 Å². The van der Waals surface area contributed by atoms with Gasteiger partial charge in [-0.3, -0.25) is 0 Å². The van der Waals surface area contributed by atoms with E-state index in [0.717, 1.165) is 39.0 Å². The van der Waals surface area contributed by atoms with E-state index in [1.165, 1.54) is 0 Å². The highest BCUT2D eigenvalue weighted by atomic mass is 16.5. The number of nitrogens with one attached hydrogen (secondary N) is 1. The van der Waals surface area contributed by atoms with E-state index in [1.807, 2.05) is 0 Å². The molecule has 0 aliphatic heterocycles. The van der Waals surface area contributed by atoms with E-state index < -0.39 is 0 Å². The van der Waals surface area contributed by atoms with E-state index in [4.69, 9.17) is 14.2 Å². The minimum atomic E-state index is 0.455. The first-order valence-corrected chi connectivity index (χ1v) is 6.14. The maximum absolute atomic E-state index is 5.41. The van der Waals surface area contributed by atoms with Gasteiger partial charge in [-0.25, -0.2) is 0 Å². The average molecular weight is 233 g/mol. The first-order valence-electron chi connectivity index (χ1n) is 6.14. The van der Waals surface area contributed by atoms with Crippen LogP contribution in [0.15, 0.2) is 0 Å². The van der Waals surface area contributed by atoms with E-state index in [2.05, 4.69) is 12.2 Å². The van der Waals surface area contributed by atoms with Crippen molar-refractivity contribution in [3.63, 3.8) is 0 Å². The van der Waals surface area contributed by atoms with E-state index in [1.54, 1.807) is 14.2 Å². The molecule has 0 radical (unpaired) electrons. The summed E-state index contributed by atoms with van der Waals surface area (Å²) in [6, 6.07) is 0.455. The predicted molar refractivity (Wildman–Crippen MR) is 65.9 cm³/mol. The predicted octanol–water partition coefficient (Wildman–Crippen LogP) is 1.44. The second kappa shape index (κ2) is 12.9. The average Bonchev–Trinajstić information content (AvgIpc) is 2.30. The van der Waals surface area contributed by atoms with Crippen molar-refractivity contribution in [1.82, 2.24) is 5.32 Å². The summed E-state index contributed by atoms with van der Waals surface area (Å²) < 4.78 is 15.5. The normalized spacial score (nSPS) is 12.9. The smallest absolute Gasteiger partial charge is 0.0700 e. The lowest BCUT2D eigenvalue weighted by Gasteiger charge is -2.17. The first kappa shape index (κ1) is 15.8. The van der Waals surface area contributed by atoms with Gasteiger partial charge in [0.25, 0.3) is 0 Å². The molecular weight excluding hydrogens is 206 g/mol. The third kappa shape index (κ3) is 10.4. The number of hydrogen-bond donors (Lipinski definition) is 1. The van der Waals surface area contributed by atoms with Crippen LogP contribution in [0, 0.1) is 0 Å². The fraction of sp³-hybridized carbons (Fsp3) is 1.00. The number of hydrogen-bond acceptors (Lipinski definition) is 4. The van der Waals surface area contributed by atoms with Crippen LogP contribution < -0.4 is 5.32 Å². The largest absolute Gasteiger partial charge is 0.383 e. The molecule has 0 aromatic rings. The summed E-state index contributed by atoms with van der Waals surface area (Å²) in [6.45, 7) is 6.17. The van der Waals surface area contributed by atoms with Crippen LogP contribution in [-0.4, -0.2) is 53.2 Å². The van der Waals surface area contributed by atoms with Crippen LogP contribution in [0.1, 0.15) is 26.2 Å². The van der Waals surface area contributed by atoms with E-state index >= 15 is 0 Å². The van der Waals surface area contributed by atoms with Gasteiger partial charge >= 0.3 is 0 Å². The summed E-state index contributed by atoms with van der Waals surface area (Å²) in [5, 5.41) is 3.47. The van der Waals surface area contributed by atoms with E-state index in [-0.39, 0.29) is 0 Å². The molecule has 1 unspecified atom stereocenters. The Bertz CT molecular complexity index is 133. The fourth-order valence-corrected chi connectivity index (χ4v) is 1.47. The Morgan fingerprint density at radius 3 is 2.50 bits per heavy atom. The van der Waals surface area contributed by atoms with Crippen molar-refractivity contribution in [2.45, 2.75) is 32.2 Å². The highest BCUT2D eigenvalue weighted by molar-refractivity contribution is 4.65. The lowest BCUT2D eigenvalue weighted by atomic mass is 10.1. The molecule has 4 heteroatoms. The lowest BCUT2D eigenvalue weighted by Crippen LogP contribution is -2.34. The maximum atomic E-state index is 5.41. The summed E-state index contributed by atoms with van der Waals surface area (Å²) in [6.07, 6.45) is 3.32. The molecule has 0 aromatic heterocycles. The minimum Gasteiger partial charge on any atom is -0.383 e. The third-order valence-electron chi connectivity index (χ3n) is 2.32. The Balaban J connectivity index is 3.36. The maximum Gasteiger partial charge on any atom is 0.0700 e. The van der Waals surface area contributed by atoms with Gasteiger partial charge in [-0.05, 0) is 25.8 Å². The molecule has 0 saturated heterocycles. The van der Waals surface area contributed by atoms with Crippen LogP contribution in [0.5, 0.6) is 0 Å². The summed E-state index contributed by atoms with van der Waals surface area (Å²) in [4.78, 5) is 0. The van der Waals surface area contributed by atoms with Crippen LogP contribution in [0.3, 0.4) is 0 Å². The molecule has 0 fully saturated rings. The Hall–Kier alpha value is -0.160. The van der Waals surface area contributed by atoms with Crippen molar-refractivity contribution in [3.8, 4) is 0 Å². The van der Waals surface area contributed by atoms with Gasteiger partial charge in [0.2, 0.25) is 0 Å². The summed E-state index contributed by atoms with van der Waals surface area (Å²) in [7, 11) is 3.43. The Morgan fingerprint density at radius 2 is 1.88 bits per heavy atom. The zero-order valence-corrected chi connectivity index (χ0v) is 11.0. The molecular formula is C12H27NO3. The molecule has 0 heterocycles. The van der Waals surface area contributed by atoms with Gasteiger partial charge in [-0.15, -0.1) is 0 Å². The van der Waals surface area contributed by atoms with Gasteiger partial charge in [-0.1, -0.05) is 6.92 Å². The zero-order chi connectivity index (χ0) is 12.1. The lowest BCUT2D eigenvalue weighted by molar-refractivity contribution is 0.0659. The fourth-order valence-electron chi connectivity index (χ4n) is 1.47. The highest BCUT2D eigenvalue weighted by Crippen LogP contribution is 1.99. The molecule has 98 valence electrons. The van der Waals surface area contributed by atoms with Crippen LogP contribution in [-0.2, 0) is 14.2 Å². The molecule has 0 spiro atoms. The van der Waals surface area contributed by atoms with E-state index in [9.17, 15) is 0 Å². The summed E-state index contributed by atoms with van der Waals surface area (Å²) >= 11 is 0. The van der Waals surface area contributed by atoms with Crippen molar-refractivity contribution >= 4 is 0 Å². The van der Waals surface area contributed by atoms with Crippen LogP contribution in [0.4, 0.5) is 0 Å². The molecule has 0 aliphatic rings. The van der Waals surface area contributed by atoms with Gasteiger partial charge < -0.3 is 19.5 Å². The summed E-state index contributed by atoms with van der Waals surface area (Å²) in [5.74, 6) is 0. The van der Waals surface area contributed by atoms with Crippen molar-refractivity contribution in [3.05, 3.63) is 0 Å². The molecule has 0 saturated carbocycles. The van der Waals surface area contributed by atoms with Gasteiger partial charge in [0.1, 0.15) is 0 Å². The van der Waals surface area contributed by atoms with Gasteiger partial charge in [0.15, 0.2) is 0 Å². The standard InChI is InChI=1S/C12H27NO3/c1-4-7-13-12(11-15-3)6-5-8-16-10-9-14-2/h12-13H,4-11H2,1-3H3. The molecule has 0 aromatic carbocycles. The first-order chi connectivity index (χ1) is 7.85. The van der Waals surface area contributed by atoms with Gasteiger partial charge in [0.05, 0.1) is 19.8 Å². The van der Waals surface area contributed by atoms with Crippen molar-refractivity contribution < 1.29 is 14.2 Å². The number of rotatable bonds is 12.